The SMILES string of the molecule is CC(C)(C)OC(=O)COCCOCCOCCOCCOCCOCCOCCOCCOCCOCCO[Si](c1ccccc1)(c1ccccc1)C(C)(C)C. The molecule has 0 bridgehead atoms. The minimum atomic E-state index is -2.54. The van der Waals surface area contributed by atoms with Crippen LogP contribution in [0.2, 0.25) is 5.04 Å². The molecule has 2 aromatic carbocycles. The minimum absolute atomic E-state index is 0.0612. The molecular formula is C42H70O13Si. The fourth-order valence-corrected chi connectivity index (χ4v) is 10.1. The zero-order valence-corrected chi connectivity index (χ0v) is 35.9. The lowest BCUT2D eigenvalue weighted by Gasteiger charge is -2.43. The highest BCUT2D eigenvalue weighted by Gasteiger charge is 2.50. The van der Waals surface area contributed by atoms with Crippen LogP contribution in [0.1, 0.15) is 41.5 Å². The lowest BCUT2D eigenvalue weighted by molar-refractivity contribution is -0.160. The fraction of sp³-hybridized carbons (Fsp3) is 0.690. The Morgan fingerprint density at radius 2 is 0.679 bits per heavy atom. The van der Waals surface area contributed by atoms with Crippen LogP contribution in [0.15, 0.2) is 60.7 Å². The predicted octanol–water partition coefficient (Wildman–Crippen LogP) is 4.07. The smallest absolute Gasteiger partial charge is 0.332 e. The van der Waals surface area contributed by atoms with Gasteiger partial charge in [-0.05, 0) is 36.2 Å². The van der Waals surface area contributed by atoms with E-state index >= 15 is 0 Å². The summed E-state index contributed by atoms with van der Waals surface area (Å²) in [5, 5.41) is 2.47. The quantitative estimate of drug-likeness (QED) is 0.0565. The van der Waals surface area contributed by atoms with E-state index in [1.165, 1.54) is 10.4 Å². The van der Waals surface area contributed by atoms with Gasteiger partial charge in [0, 0.05) is 0 Å². The van der Waals surface area contributed by atoms with Crippen molar-refractivity contribution < 1.29 is 61.3 Å². The first-order valence-corrected chi connectivity index (χ1v) is 21.7. The van der Waals surface area contributed by atoms with E-state index in [-0.39, 0.29) is 17.6 Å². The molecule has 0 aliphatic heterocycles. The highest BCUT2D eigenvalue weighted by molar-refractivity contribution is 6.99. The van der Waals surface area contributed by atoms with Crippen LogP contribution in [0.3, 0.4) is 0 Å². The largest absolute Gasteiger partial charge is 0.458 e. The summed E-state index contributed by atoms with van der Waals surface area (Å²) in [7, 11) is -2.54. The first kappa shape index (κ1) is 49.8. The van der Waals surface area contributed by atoms with Gasteiger partial charge in [0.15, 0.2) is 0 Å². The summed E-state index contributed by atoms with van der Waals surface area (Å²) in [6.45, 7) is 21.7. The number of esters is 1. The Balaban J connectivity index is 1.30. The maximum atomic E-state index is 11.5. The molecule has 0 amide bonds. The van der Waals surface area contributed by atoms with Crippen LogP contribution < -0.4 is 10.4 Å². The van der Waals surface area contributed by atoms with Crippen LogP contribution in [0.4, 0.5) is 0 Å². The molecule has 2 aromatic rings. The Morgan fingerprint density at radius 3 is 0.946 bits per heavy atom. The first-order valence-electron chi connectivity index (χ1n) is 19.8. The Hall–Kier alpha value is -2.31. The number of carbonyl (C=O) groups is 1. The van der Waals surface area contributed by atoms with Gasteiger partial charge in [-0.15, -0.1) is 0 Å². The van der Waals surface area contributed by atoms with Gasteiger partial charge in [0.05, 0.1) is 132 Å². The number of hydrogen-bond donors (Lipinski definition) is 0. The van der Waals surface area contributed by atoms with Crippen molar-refractivity contribution in [2.24, 2.45) is 0 Å². The van der Waals surface area contributed by atoms with Crippen LogP contribution in [0.25, 0.3) is 0 Å². The molecule has 0 saturated carbocycles. The van der Waals surface area contributed by atoms with Crippen LogP contribution in [0.5, 0.6) is 0 Å². The summed E-state index contributed by atoms with van der Waals surface area (Å²) >= 11 is 0. The molecule has 0 aliphatic carbocycles. The molecule has 0 N–H and O–H groups in total. The summed E-state index contributed by atoms with van der Waals surface area (Å²) in [4.78, 5) is 11.5. The van der Waals surface area contributed by atoms with Crippen molar-refractivity contribution >= 4 is 24.7 Å². The minimum Gasteiger partial charge on any atom is -0.458 e. The molecule has 0 heterocycles. The van der Waals surface area contributed by atoms with Gasteiger partial charge in [0.25, 0.3) is 8.32 Å². The van der Waals surface area contributed by atoms with Gasteiger partial charge < -0.3 is 56.5 Å². The maximum absolute atomic E-state index is 11.5. The molecule has 13 nitrogen and oxygen atoms in total. The van der Waals surface area contributed by atoms with Crippen molar-refractivity contribution in [3.8, 4) is 0 Å². The van der Waals surface area contributed by atoms with E-state index in [9.17, 15) is 4.79 Å². The van der Waals surface area contributed by atoms with Crippen molar-refractivity contribution in [2.75, 3.05) is 139 Å². The van der Waals surface area contributed by atoms with Crippen LogP contribution >= 0.6 is 0 Å². The van der Waals surface area contributed by atoms with Crippen molar-refractivity contribution in [3.05, 3.63) is 60.7 Å². The Morgan fingerprint density at radius 1 is 0.411 bits per heavy atom. The molecule has 2 rings (SSSR count). The number of carbonyl (C=O) groups excluding carboxylic acids is 1. The van der Waals surface area contributed by atoms with Gasteiger partial charge in [0.1, 0.15) is 12.2 Å². The van der Waals surface area contributed by atoms with Gasteiger partial charge >= 0.3 is 5.97 Å². The summed E-state index contributed by atoms with van der Waals surface area (Å²) in [6.07, 6.45) is 0. The molecule has 0 aliphatic rings. The standard InChI is InChI=1S/C42H70O13Si/c1-41(2,3)55-40(43)37-53-34-33-51-30-29-49-26-25-47-22-21-45-18-17-44-19-20-46-23-24-48-27-28-50-31-32-52-35-36-54-56(42(4,5)6,38-13-9-7-10-14-38)39-15-11-8-12-16-39/h7-16H,17-37H2,1-6H3. The lowest BCUT2D eigenvalue weighted by atomic mass is 10.2. The summed E-state index contributed by atoms with van der Waals surface area (Å²) < 4.78 is 67.2. The number of ether oxygens (including phenoxy) is 11. The van der Waals surface area contributed by atoms with Crippen LogP contribution in [-0.2, 0) is 61.3 Å². The maximum Gasteiger partial charge on any atom is 0.332 e. The number of hydrogen-bond acceptors (Lipinski definition) is 13. The average molecular weight is 811 g/mol. The van der Waals surface area contributed by atoms with Crippen molar-refractivity contribution in [1.82, 2.24) is 0 Å². The zero-order valence-electron chi connectivity index (χ0n) is 34.9. The summed E-state index contributed by atoms with van der Waals surface area (Å²) in [5.41, 5.74) is -0.514. The van der Waals surface area contributed by atoms with E-state index in [4.69, 9.17) is 56.5 Å². The molecule has 0 fully saturated rings. The molecule has 0 atom stereocenters. The van der Waals surface area contributed by atoms with Gasteiger partial charge in [-0.2, -0.15) is 0 Å². The highest BCUT2D eigenvalue weighted by atomic mass is 28.4. The first-order chi connectivity index (χ1) is 27.1. The van der Waals surface area contributed by atoms with Crippen LogP contribution in [-0.4, -0.2) is 159 Å². The Bertz CT molecular complexity index is 1170. The average Bonchev–Trinajstić information content (AvgIpc) is 3.16. The lowest BCUT2D eigenvalue weighted by Crippen LogP contribution is -2.66. The third kappa shape index (κ3) is 23.2. The summed E-state index contributed by atoms with van der Waals surface area (Å²) in [5.74, 6) is -0.387. The molecule has 0 spiro atoms. The Kier molecular flexibility index (Phi) is 27.3. The normalized spacial score (nSPS) is 12.3. The molecule has 14 heteroatoms. The van der Waals surface area contributed by atoms with E-state index in [0.717, 1.165) is 0 Å². The monoisotopic (exact) mass is 810 g/mol. The van der Waals surface area contributed by atoms with Crippen molar-refractivity contribution in [1.29, 1.82) is 0 Å². The van der Waals surface area contributed by atoms with Gasteiger partial charge in [-0.3, -0.25) is 0 Å². The fourth-order valence-electron chi connectivity index (χ4n) is 5.52. The molecule has 0 unspecified atom stereocenters. The molecular weight excluding hydrogens is 741 g/mol. The number of benzene rings is 2. The van der Waals surface area contributed by atoms with E-state index in [1.54, 1.807) is 0 Å². The second-order valence-corrected chi connectivity index (χ2v) is 19.0. The van der Waals surface area contributed by atoms with E-state index in [1.807, 2.05) is 20.8 Å². The molecule has 320 valence electrons. The van der Waals surface area contributed by atoms with Gasteiger partial charge in [-0.1, -0.05) is 81.4 Å². The molecule has 0 radical (unpaired) electrons. The van der Waals surface area contributed by atoms with Gasteiger partial charge in [0.2, 0.25) is 0 Å². The molecule has 0 aromatic heterocycles. The molecule has 56 heavy (non-hydrogen) atoms. The van der Waals surface area contributed by atoms with Gasteiger partial charge in [-0.25, -0.2) is 4.79 Å². The molecule has 0 saturated heterocycles. The topological polar surface area (TPSA) is 128 Å². The zero-order chi connectivity index (χ0) is 40.6. The second-order valence-electron chi connectivity index (χ2n) is 14.7. The number of rotatable bonds is 35. The van der Waals surface area contributed by atoms with E-state index in [0.29, 0.717) is 132 Å². The van der Waals surface area contributed by atoms with Crippen LogP contribution in [0, 0.1) is 0 Å². The second kappa shape index (κ2) is 30.7. The van der Waals surface area contributed by atoms with E-state index in [2.05, 4.69) is 81.4 Å². The van der Waals surface area contributed by atoms with Crippen molar-refractivity contribution in [2.45, 2.75) is 52.2 Å². The predicted molar refractivity (Wildman–Crippen MR) is 218 cm³/mol. The summed E-state index contributed by atoms with van der Waals surface area (Å²) in [6, 6.07) is 21.3. The third-order valence-electron chi connectivity index (χ3n) is 7.95. The van der Waals surface area contributed by atoms with Crippen molar-refractivity contribution in [3.63, 3.8) is 0 Å². The van der Waals surface area contributed by atoms with E-state index < -0.39 is 13.9 Å². The highest BCUT2D eigenvalue weighted by Crippen LogP contribution is 2.36. The Labute approximate surface area is 336 Å². The third-order valence-corrected chi connectivity index (χ3v) is 13.0.